The highest BCUT2D eigenvalue weighted by Gasteiger charge is 2.28. The maximum absolute atomic E-state index is 11.5. The summed E-state index contributed by atoms with van der Waals surface area (Å²) in [7, 11) is 3.03. The molecule has 0 radical (unpaired) electrons. The Balaban J connectivity index is 2.33. The van der Waals surface area contributed by atoms with Crippen molar-refractivity contribution in [2.45, 2.75) is 6.42 Å². The van der Waals surface area contributed by atoms with Crippen LogP contribution >= 0.6 is 0 Å². The lowest BCUT2D eigenvalue weighted by Crippen LogP contribution is -2.35. The summed E-state index contributed by atoms with van der Waals surface area (Å²) in [4.78, 5) is 22.6. The summed E-state index contributed by atoms with van der Waals surface area (Å²) < 4.78 is 10.2. The smallest absolute Gasteiger partial charge is 0.255 e. The molecule has 1 heterocycles. The number of ether oxygens (including phenoxy) is 2. The van der Waals surface area contributed by atoms with Crippen molar-refractivity contribution in [1.82, 2.24) is 5.43 Å². The SMILES string of the molecule is COc1ccc(N2NC(=O)CC2=O)cc1OC. The molecule has 1 aromatic rings. The highest BCUT2D eigenvalue weighted by molar-refractivity contribution is 6.11. The van der Waals surface area contributed by atoms with E-state index in [1.165, 1.54) is 19.2 Å². The van der Waals surface area contributed by atoms with Crippen molar-refractivity contribution < 1.29 is 19.1 Å². The van der Waals surface area contributed by atoms with Crippen LogP contribution in [0.1, 0.15) is 6.42 Å². The Labute approximate surface area is 98.1 Å². The fourth-order valence-corrected chi connectivity index (χ4v) is 1.62. The van der Waals surface area contributed by atoms with Crippen molar-refractivity contribution in [1.29, 1.82) is 0 Å². The second-order valence-corrected chi connectivity index (χ2v) is 3.48. The first-order valence-corrected chi connectivity index (χ1v) is 5.00. The first-order chi connectivity index (χ1) is 8.15. The monoisotopic (exact) mass is 236 g/mol. The van der Waals surface area contributed by atoms with E-state index in [2.05, 4.69) is 5.43 Å². The molecule has 0 atom stereocenters. The Morgan fingerprint density at radius 2 is 1.88 bits per heavy atom. The number of nitrogens with one attached hydrogen (secondary N) is 1. The van der Waals surface area contributed by atoms with Gasteiger partial charge >= 0.3 is 0 Å². The summed E-state index contributed by atoms with van der Waals surface area (Å²) in [5, 5.41) is 1.20. The molecule has 1 fully saturated rings. The Bertz CT molecular complexity index is 473. The second kappa shape index (κ2) is 4.32. The zero-order valence-corrected chi connectivity index (χ0v) is 9.52. The number of hydrazine groups is 1. The van der Waals surface area contributed by atoms with Gasteiger partial charge in [0, 0.05) is 6.07 Å². The van der Waals surface area contributed by atoms with E-state index in [1.807, 2.05) is 0 Å². The molecule has 0 spiro atoms. The van der Waals surface area contributed by atoms with Crippen LogP contribution in [0.25, 0.3) is 0 Å². The topological polar surface area (TPSA) is 67.9 Å². The molecule has 1 aliphatic heterocycles. The number of benzene rings is 1. The lowest BCUT2D eigenvalue weighted by atomic mass is 10.2. The molecule has 90 valence electrons. The van der Waals surface area contributed by atoms with E-state index in [0.29, 0.717) is 17.2 Å². The van der Waals surface area contributed by atoms with Gasteiger partial charge in [-0.2, -0.15) is 0 Å². The van der Waals surface area contributed by atoms with Crippen LogP contribution in [-0.2, 0) is 9.59 Å². The number of hydrogen-bond donors (Lipinski definition) is 1. The van der Waals surface area contributed by atoms with Crippen LogP contribution in [0.3, 0.4) is 0 Å². The molecule has 1 aromatic carbocycles. The first kappa shape index (κ1) is 11.3. The number of methoxy groups -OCH3 is 2. The molecule has 6 heteroatoms. The van der Waals surface area contributed by atoms with Crippen LogP contribution in [0.4, 0.5) is 5.69 Å². The molecule has 1 aliphatic rings. The molecular formula is C11H12N2O4. The fourth-order valence-electron chi connectivity index (χ4n) is 1.62. The Morgan fingerprint density at radius 1 is 1.18 bits per heavy atom. The third kappa shape index (κ3) is 2.01. The number of carbonyl (C=O) groups excluding carboxylic acids is 2. The standard InChI is InChI=1S/C11H12N2O4/c1-16-8-4-3-7(5-9(8)17-2)13-11(15)6-10(14)12-13/h3-5H,6H2,1-2H3,(H,12,14). The van der Waals surface area contributed by atoms with E-state index in [4.69, 9.17) is 9.47 Å². The van der Waals surface area contributed by atoms with Gasteiger partial charge in [-0.15, -0.1) is 0 Å². The largest absolute Gasteiger partial charge is 0.493 e. The average Bonchev–Trinajstić information content (AvgIpc) is 2.67. The van der Waals surface area contributed by atoms with Crippen molar-refractivity contribution in [3.63, 3.8) is 0 Å². The summed E-state index contributed by atoms with van der Waals surface area (Å²) in [6.07, 6.45) is -0.131. The number of rotatable bonds is 3. The van der Waals surface area contributed by atoms with Gasteiger partial charge in [-0.3, -0.25) is 15.0 Å². The number of amides is 2. The van der Waals surface area contributed by atoms with Gasteiger partial charge in [-0.1, -0.05) is 0 Å². The van der Waals surface area contributed by atoms with Gasteiger partial charge in [0.05, 0.1) is 19.9 Å². The van der Waals surface area contributed by atoms with Gasteiger partial charge in [0.15, 0.2) is 11.5 Å². The van der Waals surface area contributed by atoms with E-state index < -0.39 is 0 Å². The first-order valence-electron chi connectivity index (χ1n) is 5.00. The van der Waals surface area contributed by atoms with Crippen LogP contribution in [0.5, 0.6) is 11.5 Å². The minimum atomic E-state index is -0.315. The zero-order valence-electron chi connectivity index (χ0n) is 9.52. The minimum Gasteiger partial charge on any atom is -0.493 e. The number of carbonyl (C=O) groups is 2. The Kier molecular flexibility index (Phi) is 2.86. The quantitative estimate of drug-likeness (QED) is 0.775. The van der Waals surface area contributed by atoms with Crippen LogP contribution in [0.15, 0.2) is 18.2 Å². The predicted octanol–water partition coefficient (Wildman–Crippen LogP) is 0.472. The molecule has 0 saturated carbocycles. The van der Waals surface area contributed by atoms with E-state index in [9.17, 15) is 9.59 Å². The lowest BCUT2D eigenvalue weighted by Gasteiger charge is -2.17. The molecule has 2 rings (SSSR count). The summed E-state index contributed by atoms with van der Waals surface area (Å²) in [6.45, 7) is 0. The van der Waals surface area contributed by atoms with Crippen LogP contribution in [-0.4, -0.2) is 26.0 Å². The third-order valence-electron chi connectivity index (χ3n) is 2.42. The average molecular weight is 236 g/mol. The molecule has 6 nitrogen and oxygen atoms in total. The van der Waals surface area contributed by atoms with Gasteiger partial charge in [0.25, 0.3) is 5.91 Å². The maximum Gasteiger partial charge on any atom is 0.255 e. The van der Waals surface area contributed by atoms with Gasteiger partial charge in [-0.25, -0.2) is 5.01 Å². The Morgan fingerprint density at radius 3 is 2.41 bits per heavy atom. The van der Waals surface area contributed by atoms with Gasteiger partial charge < -0.3 is 9.47 Å². The minimum absolute atomic E-state index is 0.131. The summed E-state index contributed by atoms with van der Waals surface area (Å²) in [6, 6.07) is 4.97. The predicted molar refractivity (Wildman–Crippen MR) is 59.8 cm³/mol. The number of anilines is 1. The molecule has 0 aromatic heterocycles. The molecule has 1 saturated heterocycles. The maximum atomic E-state index is 11.5. The highest BCUT2D eigenvalue weighted by Crippen LogP contribution is 2.31. The van der Waals surface area contributed by atoms with E-state index in [-0.39, 0.29) is 18.2 Å². The molecule has 0 unspecified atom stereocenters. The fraction of sp³-hybridized carbons (Fsp3) is 0.273. The number of hydrogen-bond acceptors (Lipinski definition) is 4. The van der Waals surface area contributed by atoms with Gasteiger partial charge in [0.1, 0.15) is 6.42 Å². The number of nitrogens with zero attached hydrogens (tertiary/aromatic N) is 1. The van der Waals surface area contributed by atoms with Gasteiger partial charge in [0.2, 0.25) is 5.91 Å². The summed E-state index contributed by atoms with van der Waals surface area (Å²) >= 11 is 0. The normalized spacial score (nSPS) is 14.8. The lowest BCUT2D eigenvalue weighted by molar-refractivity contribution is -0.122. The van der Waals surface area contributed by atoms with E-state index >= 15 is 0 Å². The summed E-state index contributed by atoms with van der Waals surface area (Å²) in [5.41, 5.74) is 3.00. The molecule has 0 bridgehead atoms. The zero-order chi connectivity index (χ0) is 12.4. The third-order valence-corrected chi connectivity index (χ3v) is 2.42. The molecular weight excluding hydrogens is 224 g/mol. The van der Waals surface area contributed by atoms with Crippen LogP contribution < -0.4 is 19.9 Å². The Hall–Kier alpha value is -2.24. The van der Waals surface area contributed by atoms with E-state index in [0.717, 1.165) is 0 Å². The van der Waals surface area contributed by atoms with E-state index in [1.54, 1.807) is 18.2 Å². The van der Waals surface area contributed by atoms with Crippen LogP contribution in [0.2, 0.25) is 0 Å². The van der Waals surface area contributed by atoms with Crippen LogP contribution in [0, 0.1) is 0 Å². The van der Waals surface area contributed by atoms with Crippen molar-refractivity contribution in [3.8, 4) is 11.5 Å². The van der Waals surface area contributed by atoms with Crippen molar-refractivity contribution in [2.24, 2.45) is 0 Å². The summed E-state index contributed by atoms with van der Waals surface area (Å²) in [5.74, 6) is 0.458. The van der Waals surface area contributed by atoms with Crippen molar-refractivity contribution in [3.05, 3.63) is 18.2 Å². The second-order valence-electron chi connectivity index (χ2n) is 3.48. The molecule has 17 heavy (non-hydrogen) atoms. The molecule has 1 N–H and O–H groups in total. The highest BCUT2D eigenvalue weighted by atomic mass is 16.5. The molecule has 2 amide bonds. The van der Waals surface area contributed by atoms with Crippen molar-refractivity contribution in [2.75, 3.05) is 19.2 Å². The molecule has 0 aliphatic carbocycles. The van der Waals surface area contributed by atoms with Gasteiger partial charge in [-0.05, 0) is 12.1 Å². The van der Waals surface area contributed by atoms with Crippen molar-refractivity contribution >= 4 is 17.5 Å².